The normalized spacial score (nSPS) is 13.0. The van der Waals surface area contributed by atoms with Crippen LogP contribution in [0.3, 0.4) is 0 Å². The molecule has 0 atom stereocenters. The Balaban J connectivity index is 1.73. The highest BCUT2D eigenvalue weighted by Crippen LogP contribution is 2.30. The predicted octanol–water partition coefficient (Wildman–Crippen LogP) is 6.47. The number of alkyl halides is 6. The van der Waals surface area contributed by atoms with Gasteiger partial charge in [0.2, 0.25) is 0 Å². The van der Waals surface area contributed by atoms with Crippen LogP contribution >= 0.6 is 0 Å². The van der Waals surface area contributed by atoms with Gasteiger partial charge in [-0.1, -0.05) is 48.6 Å². The fourth-order valence-electron chi connectivity index (χ4n) is 2.14. The minimum atomic E-state index is -4.36. The van der Waals surface area contributed by atoms with Crippen LogP contribution in [-0.2, 0) is 17.1 Å². The molecule has 0 saturated carbocycles. The van der Waals surface area contributed by atoms with E-state index in [0.29, 0.717) is 11.1 Å². The molecule has 0 saturated heterocycles. The van der Waals surface area contributed by atoms with Crippen molar-refractivity contribution in [3.05, 3.63) is 82.9 Å². The van der Waals surface area contributed by atoms with Crippen LogP contribution in [0, 0.1) is 0 Å². The third kappa shape index (κ3) is 6.94. The van der Waals surface area contributed by atoms with Crippen molar-refractivity contribution in [2.24, 2.45) is 0 Å². The first-order valence-electron chi connectivity index (χ1n) is 7.91. The van der Waals surface area contributed by atoms with Crippen molar-refractivity contribution in [1.29, 1.82) is 0 Å². The van der Waals surface area contributed by atoms with E-state index in [1.54, 1.807) is 24.3 Å². The molecule has 2 aromatic rings. The lowest BCUT2D eigenvalue weighted by Gasteiger charge is -2.06. The van der Waals surface area contributed by atoms with Gasteiger partial charge in [-0.2, -0.15) is 26.3 Å². The van der Waals surface area contributed by atoms with E-state index in [1.165, 1.54) is 24.3 Å². The van der Waals surface area contributed by atoms with Crippen LogP contribution in [-0.4, -0.2) is 13.2 Å². The fraction of sp³-hybridized carbons (Fsp3) is 0.200. The van der Waals surface area contributed by atoms with Crippen molar-refractivity contribution in [2.45, 2.75) is 12.4 Å². The standard InChI is InChI=1S/C20H16F6O/c21-19(22,23)17-9-5-15(6-10-17)3-1-13-27-14-2-4-16-7-11-18(12-8-16)20(24,25)26/h1-12H,13-14H2. The van der Waals surface area contributed by atoms with Crippen molar-refractivity contribution in [1.82, 2.24) is 0 Å². The van der Waals surface area contributed by atoms with Crippen molar-refractivity contribution in [3.8, 4) is 0 Å². The highest BCUT2D eigenvalue weighted by atomic mass is 19.4. The first-order valence-corrected chi connectivity index (χ1v) is 7.91. The lowest BCUT2D eigenvalue weighted by atomic mass is 10.1. The number of hydrogen-bond acceptors (Lipinski definition) is 1. The van der Waals surface area contributed by atoms with Gasteiger partial charge in [-0.05, 0) is 35.4 Å². The van der Waals surface area contributed by atoms with Crippen LogP contribution in [0.2, 0.25) is 0 Å². The smallest absolute Gasteiger partial charge is 0.373 e. The molecule has 0 aromatic heterocycles. The van der Waals surface area contributed by atoms with Crippen molar-refractivity contribution in [2.75, 3.05) is 13.2 Å². The van der Waals surface area contributed by atoms with Crippen LogP contribution < -0.4 is 0 Å². The Morgan fingerprint density at radius 2 is 0.926 bits per heavy atom. The summed E-state index contributed by atoms with van der Waals surface area (Å²) in [6, 6.07) is 9.49. The van der Waals surface area contributed by atoms with Gasteiger partial charge in [0.25, 0.3) is 0 Å². The lowest BCUT2D eigenvalue weighted by molar-refractivity contribution is -0.138. The molecule has 0 heterocycles. The molecule has 2 aromatic carbocycles. The SMILES string of the molecule is FC(F)(F)c1ccc(C=CCOCC=Cc2ccc(C(F)(F)F)cc2)cc1. The Hall–Kier alpha value is -2.54. The highest BCUT2D eigenvalue weighted by molar-refractivity contribution is 5.50. The average molecular weight is 386 g/mol. The van der Waals surface area contributed by atoms with Gasteiger partial charge < -0.3 is 4.74 Å². The Bertz CT molecular complexity index is 701. The third-order valence-corrected chi connectivity index (χ3v) is 3.52. The van der Waals surface area contributed by atoms with Crippen LogP contribution in [0.15, 0.2) is 60.7 Å². The monoisotopic (exact) mass is 386 g/mol. The van der Waals surface area contributed by atoms with Gasteiger partial charge in [-0.25, -0.2) is 0 Å². The van der Waals surface area contributed by atoms with E-state index in [4.69, 9.17) is 4.74 Å². The van der Waals surface area contributed by atoms with E-state index >= 15 is 0 Å². The van der Waals surface area contributed by atoms with E-state index in [1.807, 2.05) is 0 Å². The maximum Gasteiger partial charge on any atom is 0.416 e. The van der Waals surface area contributed by atoms with Gasteiger partial charge in [-0.15, -0.1) is 0 Å². The molecule has 0 amide bonds. The largest absolute Gasteiger partial charge is 0.416 e. The third-order valence-electron chi connectivity index (χ3n) is 3.52. The summed E-state index contributed by atoms with van der Waals surface area (Å²) in [5.41, 5.74) is -0.174. The molecule has 1 nitrogen and oxygen atoms in total. The molecule has 0 aliphatic heterocycles. The summed E-state index contributed by atoms with van der Waals surface area (Å²) in [4.78, 5) is 0. The molecule has 0 spiro atoms. The van der Waals surface area contributed by atoms with Gasteiger partial charge >= 0.3 is 12.4 Å². The van der Waals surface area contributed by atoms with Gasteiger partial charge in [0.15, 0.2) is 0 Å². The zero-order chi connectivity index (χ0) is 19.9. The Kier molecular flexibility index (Phi) is 6.85. The highest BCUT2D eigenvalue weighted by Gasteiger charge is 2.30. The molecule has 0 bridgehead atoms. The van der Waals surface area contributed by atoms with Gasteiger partial charge in [0.05, 0.1) is 24.3 Å². The summed E-state index contributed by atoms with van der Waals surface area (Å²) in [6.45, 7) is 0.497. The molecule has 0 aliphatic rings. The second-order valence-electron chi connectivity index (χ2n) is 5.58. The minimum Gasteiger partial charge on any atom is -0.373 e. The molecule has 0 unspecified atom stereocenters. The molecule has 0 aliphatic carbocycles. The minimum absolute atomic E-state index is 0.248. The summed E-state index contributed by atoms with van der Waals surface area (Å²) in [5, 5.41) is 0. The number of hydrogen-bond donors (Lipinski definition) is 0. The van der Waals surface area contributed by atoms with E-state index in [0.717, 1.165) is 24.3 Å². The Morgan fingerprint density at radius 3 is 1.22 bits per heavy atom. The summed E-state index contributed by atoms with van der Waals surface area (Å²) in [7, 11) is 0. The Labute approximate surface area is 152 Å². The molecule has 7 heteroatoms. The Morgan fingerprint density at radius 1 is 0.593 bits per heavy atom. The van der Waals surface area contributed by atoms with E-state index in [9.17, 15) is 26.3 Å². The fourth-order valence-corrected chi connectivity index (χ4v) is 2.14. The van der Waals surface area contributed by atoms with Crippen LogP contribution in [0.1, 0.15) is 22.3 Å². The van der Waals surface area contributed by atoms with Gasteiger partial charge in [0, 0.05) is 0 Å². The van der Waals surface area contributed by atoms with Crippen molar-refractivity contribution >= 4 is 12.2 Å². The average Bonchev–Trinajstić information content (AvgIpc) is 2.60. The number of benzene rings is 2. The van der Waals surface area contributed by atoms with E-state index < -0.39 is 23.5 Å². The number of rotatable bonds is 6. The molecule has 0 fully saturated rings. The van der Waals surface area contributed by atoms with Crippen LogP contribution in [0.4, 0.5) is 26.3 Å². The first kappa shape index (κ1) is 20.8. The zero-order valence-electron chi connectivity index (χ0n) is 14.0. The van der Waals surface area contributed by atoms with E-state index in [2.05, 4.69) is 0 Å². The summed E-state index contributed by atoms with van der Waals surface area (Å²) < 4.78 is 80.0. The van der Waals surface area contributed by atoms with Gasteiger partial charge in [-0.3, -0.25) is 0 Å². The quantitative estimate of drug-likeness (QED) is 0.409. The maximum atomic E-state index is 12.4. The molecule has 0 N–H and O–H groups in total. The second-order valence-corrected chi connectivity index (χ2v) is 5.58. The summed E-state index contributed by atoms with van der Waals surface area (Å²) in [6.07, 6.45) is -2.11. The van der Waals surface area contributed by atoms with Crippen molar-refractivity contribution in [3.63, 3.8) is 0 Å². The summed E-state index contributed by atoms with van der Waals surface area (Å²) >= 11 is 0. The van der Waals surface area contributed by atoms with Crippen LogP contribution in [0.5, 0.6) is 0 Å². The van der Waals surface area contributed by atoms with Crippen molar-refractivity contribution < 1.29 is 31.1 Å². The molecule has 2 rings (SSSR count). The molecule has 144 valence electrons. The number of halogens is 6. The maximum absolute atomic E-state index is 12.4. The van der Waals surface area contributed by atoms with Gasteiger partial charge in [0.1, 0.15) is 0 Å². The number of ether oxygens (including phenoxy) is 1. The molecule has 27 heavy (non-hydrogen) atoms. The molecular formula is C20H16F6O. The molecule has 0 radical (unpaired) electrons. The second kappa shape index (κ2) is 8.90. The molecular weight excluding hydrogens is 370 g/mol. The van der Waals surface area contributed by atoms with E-state index in [-0.39, 0.29) is 13.2 Å². The van der Waals surface area contributed by atoms with Crippen LogP contribution in [0.25, 0.3) is 12.2 Å². The lowest BCUT2D eigenvalue weighted by Crippen LogP contribution is -2.04. The predicted molar refractivity (Wildman–Crippen MR) is 91.8 cm³/mol. The first-order chi connectivity index (χ1) is 12.7. The summed E-state index contributed by atoms with van der Waals surface area (Å²) in [5.74, 6) is 0. The zero-order valence-corrected chi connectivity index (χ0v) is 14.0. The topological polar surface area (TPSA) is 9.23 Å².